The van der Waals surface area contributed by atoms with E-state index in [0.717, 1.165) is 22.3 Å². The summed E-state index contributed by atoms with van der Waals surface area (Å²) < 4.78 is 14.6. The fourth-order valence-electron chi connectivity index (χ4n) is 1.38. The third-order valence-corrected chi connectivity index (χ3v) is 4.30. The number of benzene rings is 1. The lowest BCUT2D eigenvalue weighted by atomic mass is 10.4. The summed E-state index contributed by atoms with van der Waals surface area (Å²) in [5.74, 6) is 0.0422. The Labute approximate surface area is 124 Å². The molecule has 0 saturated carbocycles. The Morgan fingerprint density at radius 2 is 2.16 bits per heavy atom. The van der Waals surface area contributed by atoms with Gasteiger partial charge in [-0.3, -0.25) is 0 Å². The lowest BCUT2D eigenvalue weighted by molar-refractivity contribution is 0.579. The highest BCUT2D eigenvalue weighted by molar-refractivity contribution is 9.10. The molecule has 1 aromatic heterocycles. The fraction of sp³-hybridized carbons (Fsp3) is 0.231. The summed E-state index contributed by atoms with van der Waals surface area (Å²) in [4.78, 5) is 9.03. The van der Waals surface area contributed by atoms with Crippen molar-refractivity contribution in [1.29, 1.82) is 0 Å². The Morgan fingerprint density at radius 3 is 2.89 bits per heavy atom. The number of hydrogen-bond donors (Lipinski definition) is 1. The summed E-state index contributed by atoms with van der Waals surface area (Å²) in [6.45, 7) is 2.82. The number of halogens is 2. The zero-order chi connectivity index (χ0) is 13.7. The van der Waals surface area contributed by atoms with Gasteiger partial charge in [-0.2, -0.15) is 0 Å². The highest BCUT2D eigenvalue weighted by atomic mass is 79.9. The number of rotatable bonds is 5. The van der Waals surface area contributed by atoms with E-state index in [1.54, 1.807) is 0 Å². The predicted molar refractivity (Wildman–Crippen MR) is 79.0 cm³/mol. The van der Waals surface area contributed by atoms with Crippen molar-refractivity contribution in [3.05, 3.63) is 40.8 Å². The molecule has 0 amide bonds. The van der Waals surface area contributed by atoms with Crippen molar-refractivity contribution in [2.75, 3.05) is 11.9 Å². The van der Waals surface area contributed by atoms with E-state index in [0.29, 0.717) is 11.0 Å². The van der Waals surface area contributed by atoms with Crippen LogP contribution < -0.4 is 5.32 Å². The summed E-state index contributed by atoms with van der Waals surface area (Å²) in [6, 6.07) is 7.65. The molecular formula is C13H13BrFN3S. The zero-order valence-corrected chi connectivity index (χ0v) is 12.8. The molecule has 1 aromatic carbocycles. The molecule has 1 heterocycles. The van der Waals surface area contributed by atoms with Crippen LogP contribution in [0.5, 0.6) is 0 Å². The van der Waals surface area contributed by atoms with Gasteiger partial charge in [0.25, 0.3) is 0 Å². The first-order chi connectivity index (χ1) is 9.20. The molecule has 6 heteroatoms. The molecule has 0 spiro atoms. The topological polar surface area (TPSA) is 37.8 Å². The van der Waals surface area contributed by atoms with Gasteiger partial charge in [-0.15, -0.1) is 0 Å². The molecule has 0 unspecified atom stereocenters. The highest BCUT2D eigenvalue weighted by Crippen LogP contribution is 2.33. The van der Waals surface area contributed by atoms with Crippen LogP contribution in [0.3, 0.4) is 0 Å². The highest BCUT2D eigenvalue weighted by Gasteiger charge is 2.10. The minimum absolute atomic E-state index is 0.320. The first-order valence-electron chi connectivity index (χ1n) is 5.89. The van der Waals surface area contributed by atoms with E-state index in [2.05, 4.69) is 31.2 Å². The predicted octanol–water partition coefficient (Wildman–Crippen LogP) is 4.35. The summed E-state index contributed by atoms with van der Waals surface area (Å²) in [5.41, 5.74) is 0. The van der Waals surface area contributed by atoms with Crippen LogP contribution in [0.1, 0.15) is 13.3 Å². The maximum Gasteiger partial charge on any atom is 0.223 e. The van der Waals surface area contributed by atoms with Crippen molar-refractivity contribution >= 4 is 33.6 Å². The van der Waals surface area contributed by atoms with E-state index in [-0.39, 0.29) is 0 Å². The number of hydrogen-bond acceptors (Lipinski definition) is 4. The first kappa shape index (κ1) is 14.3. The molecule has 0 aliphatic carbocycles. The summed E-state index contributed by atoms with van der Waals surface area (Å²) in [7, 11) is 0. The lowest BCUT2D eigenvalue weighted by Crippen LogP contribution is -2.05. The van der Waals surface area contributed by atoms with Crippen LogP contribution >= 0.6 is 27.7 Å². The fourth-order valence-corrected chi connectivity index (χ4v) is 2.71. The molecule has 0 bridgehead atoms. The van der Waals surface area contributed by atoms with Gasteiger partial charge in [0, 0.05) is 15.9 Å². The molecule has 0 radical (unpaired) electrons. The van der Waals surface area contributed by atoms with Crippen molar-refractivity contribution in [2.24, 2.45) is 0 Å². The average molecular weight is 342 g/mol. The molecule has 19 heavy (non-hydrogen) atoms. The van der Waals surface area contributed by atoms with Crippen molar-refractivity contribution in [2.45, 2.75) is 23.3 Å². The average Bonchev–Trinajstić information content (AvgIpc) is 2.42. The van der Waals surface area contributed by atoms with Crippen molar-refractivity contribution in [3.63, 3.8) is 0 Å². The molecule has 0 aliphatic rings. The summed E-state index contributed by atoms with van der Waals surface area (Å²) in [5, 5.41) is 3.37. The Hall–Kier alpha value is -1.14. The van der Waals surface area contributed by atoms with Gasteiger partial charge in [-0.05, 0) is 34.5 Å². The second-order valence-corrected chi connectivity index (χ2v) is 5.69. The van der Waals surface area contributed by atoms with Crippen LogP contribution in [0, 0.1) is 5.82 Å². The number of nitrogens with zero attached hydrogens (tertiary/aromatic N) is 2. The number of anilines is 1. The summed E-state index contributed by atoms with van der Waals surface area (Å²) in [6.07, 6.45) is 2.16. The van der Waals surface area contributed by atoms with Gasteiger partial charge >= 0.3 is 0 Å². The van der Waals surface area contributed by atoms with Crippen LogP contribution in [0.15, 0.2) is 44.9 Å². The van der Waals surface area contributed by atoms with Crippen LogP contribution in [-0.2, 0) is 0 Å². The van der Waals surface area contributed by atoms with Crippen LogP contribution in [0.25, 0.3) is 0 Å². The van der Waals surface area contributed by atoms with E-state index in [1.807, 2.05) is 31.2 Å². The minimum atomic E-state index is -0.414. The van der Waals surface area contributed by atoms with E-state index in [1.165, 1.54) is 18.0 Å². The smallest absolute Gasteiger partial charge is 0.223 e. The zero-order valence-electron chi connectivity index (χ0n) is 10.4. The quantitative estimate of drug-likeness (QED) is 0.820. The van der Waals surface area contributed by atoms with E-state index >= 15 is 0 Å². The Balaban J connectivity index is 2.21. The molecule has 2 rings (SSSR count). The second kappa shape index (κ2) is 6.86. The van der Waals surface area contributed by atoms with Gasteiger partial charge in [0.15, 0.2) is 5.82 Å². The van der Waals surface area contributed by atoms with Gasteiger partial charge in [-0.1, -0.05) is 30.8 Å². The number of aromatic nitrogens is 2. The van der Waals surface area contributed by atoms with Gasteiger partial charge in [-0.25, -0.2) is 14.4 Å². The first-order valence-corrected chi connectivity index (χ1v) is 7.50. The van der Waals surface area contributed by atoms with Crippen molar-refractivity contribution in [1.82, 2.24) is 9.97 Å². The van der Waals surface area contributed by atoms with Crippen LogP contribution in [0.4, 0.5) is 10.3 Å². The van der Waals surface area contributed by atoms with Crippen molar-refractivity contribution < 1.29 is 4.39 Å². The Bertz CT molecular complexity index is 565. The molecule has 0 saturated heterocycles. The van der Waals surface area contributed by atoms with E-state index < -0.39 is 5.82 Å². The maximum atomic E-state index is 13.7. The minimum Gasteiger partial charge on any atom is -0.354 e. The van der Waals surface area contributed by atoms with Gasteiger partial charge < -0.3 is 5.32 Å². The van der Waals surface area contributed by atoms with E-state index in [9.17, 15) is 4.39 Å². The maximum absolute atomic E-state index is 13.7. The molecule has 100 valence electrons. The molecule has 3 nitrogen and oxygen atoms in total. The second-order valence-electron chi connectivity index (χ2n) is 3.81. The third kappa shape index (κ3) is 3.91. The summed E-state index contributed by atoms with van der Waals surface area (Å²) >= 11 is 4.71. The van der Waals surface area contributed by atoms with Gasteiger partial charge in [0.1, 0.15) is 5.03 Å². The molecular weight excluding hydrogens is 329 g/mol. The normalized spacial score (nSPS) is 10.5. The number of nitrogens with one attached hydrogen (secondary N) is 1. The van der Waals surface area contributed by atoms with Crippen LogP contribution in [0.2, 0.25) is 0 Å². The van der Waals surface area contributed by atoms with Gasteiger partial charge in [0.05, 0.1) is 6.20 Å². The molecule has 0 fully saturated rings. The van der Waals surface area contributed by atoms with Gasteiger partial charge in [0.2, 0.25) is 5.95 Å². The molecule has 0 aliphatic heterocycles. The molecule has 0 atom stereocenters. The Morgan fingerprint density at radius 1 is 1.37 bits per heavy atom. The largest absolute Gasteiger partial charge is 0.354 e. The third-order valence-electron chi connectivity index (χ3n) is 2.29. The SMILES string of the molecule is CCCNc1ncc(F)c(Sc2ccccc2Br)n1. The van der Waals surface area contributed by atoms with E-state index in [4.69, 9.17) is 0 Å². The van der Waals surface area contributed by atoms with Crippen LogP contribution in [-0.4, -0.2) is 16.5 Å². The molecule has 1 N–H and O–H groups in total. The van der Waals surface area contributed by atoms with Crippen molar-refractivity contribution in [3.8, 4) is 0 Å². The lowest BCUT2D eigenvalue weighted by Gasteiger charge is -2.07. The molecule has 2 aromatic rings. The standard InChI is InChI=1S/C13H13BrFN3S/c1-2-7-16-13-17-8-10(15)12(18-13)19-11-6-4-3-5-9(11)14/h3-6,8H,2,7H2,1H3,(H,16,17,18). The Kier molecular flexibility index (Phi) is 5.15. The monoisotopic (exact) mass is 341 g/mol.